The van der Waals surface area contributed by atoms with Crippen LogP contribution in [0.25, 0.3) is 0 Å². The molecule has 16 heavy (non-hydrogen) atoms. The molecule has 6 heteroatoms. The van der Waals surface area contributed by atoms with Crippen molar-refractivity contribution in [2.75, 3.05) is 0 Å². The third-order valence-corrected chi connectivity index (χ3v) is 3.12. The van der Waals surface area contributed by atoms with Crippen LogP contribution in [0.2, 0.25) is 0 Å². The Morgan fingerprint density at radius 2 is 2.31 bits per heavy atom. The Morgan fingerprint density at radius 3 is 2.81 bits per heavy atom. The van der Waals surface area contributed by atoms with Crippen molar-refractivity contribution in [3.63, 3.8) is 0 Å². The molecule has 0 radical (unpaired) electrons. The Labute approximate surface area is 97.3 Å². The molecule has 0 aliphatic carbocycles. The molecule has 1 aromatic heterocycles. The number of carboxylic acid groups (broad SMARTS) is 1. The Hall–Kier alpha value is -1.40. The van der Waals surface area contributed by atoms with Crippen molar-refractivity contribution >= 4 is 23.2 Å². The molecule has 4 N–H and O–H groups in total. The average molecular weight is 242 g/mol. The van der Waals surface area contributed by atoms with E-state index in [9.17, 15) is 9.59 Å². The van der Waals surface area contributed by atoms with E-state index in [1.807, 2.05) is 24.4 Å². The Balaban J connectivity index is 2.48. The van der Waals surface area contributed by atoms with Crippen molar-refractivity contribution in [3.8, 4) is 0 Å². The molecule has 2 unspecified atom stereocenters. The van der Waals surface area contributed by atoms with Gasteiger partial charge in [-0.1, -0.05) is 6.07 Å². The maximum Gasteiger partial charge on any atom is 0.305 e. The highest BCUT2D eigenvalue weighted by atomic mass is 32.1. The van der Waals surface area contributed by atoms with E-state index in [2.05, 4.69) is 5.32 Å². The Bertz CT molecular complexity index is 364. The standard InChI is InChI=1S/C10H14N2O3S/c1-6(8-3-2-4-16-8)12-10(15)7(11)5-9(13)14/h2-4,6-7H,5,11H2,1H3,(H,12,15)(H,13,14). The van der Waals surface area contributed by atoms with Gasteiger partial charge in [0.2, 0.25) is 5.91 Å². The van der Waals surface area contributed by atoms with E-state index in [4.69, 9.17) is 10.8 Å². The highest BCUT2D eigenvalue weighted by Crippen LogP contribution is 2.17. The summed E-state index contributed by atoms with van der Waals surface area (Å²) in [7, 11) is 0. The van der Waals surface area contributed by atoms with Gasteiger partial charge >= 0.3 is 5.97 Å². The first kappa shape index (κ1) is 12.7. The van der Waals surface area contributed by atoms with Gasteiger partial charge in [-0.2, -0.15) is 0 Å². The van der Waals surface area contributed by atoms with E-state index in [0.29, 0.717) is 0 Å². The molecule has 0 fully saturated rings. The van der Waals surface area contributed by atoms with Gasteiger partial charge in [0.05, 0.1) is 18.5 Å². The first-order valence-electron chi connectivity index (χ1n) is 4.82. The van der Waals surface area contributed by atoms with Crippen molar-refractivity contribution < 1.29 is 14.7 Å². The van der Waals surface area contributed by atoms with Crippen LogP contribution in [0.1, 0.15) is 24.3 Å². The molecule has 0 aliphatic rings. The van der Waals surface area contributed by atoms with E-state index in [-0.39, 0.29) is 12.5 Å². The Kier molecular flexibility index (Phi) is 4.45. The molecule has 0 aromatic carbocycles. The van der Waals surface area contributed by atoms with Crippen LogP contribution >= 0.6 is 11.3 Å². The number of carbonyl (C=O) groups excluding carboxylic acids is 1. The lowest BCUT2D eigenvalue weighted by atomic mass is 10.2. The Morgan fingerprint density at radius 1 is 1.62 bits per heavy atom. The zero-order valence-electron chi connectivity index (χ0n) is 8.84. The molecular formula is C10H14N2O3S. The molecule has 2 atom stereocenters. The molecule has 1 heterocycles. The summed E-state index contributed by atoms with van der Waals surface area (Å²) in [6, 6.07) is 2.64. The van der Waals surface area contributed by atoms with Gasteiger partial charge in [0, 0.05) is 4.88 Å². The number of carboxylic acids is 1. The number of carbonyl (C=O) groups is 2. The highest BCUT2D eigenvalue weighted by molar-refractivity contribution is 7.10. The van der Waals surface area contributed by atoms with Crippen molar-refractivity contribution in [2.24, 2.45) is 5.73 Å². The van der Waals surface area contributed by atoms with Gasteiger partial charge in [0.15, 0.2) is 0 Å². The fraction of sp³-hybridized carbons (Fsp3) is 0.400. The summed E-state index contributed by atoms with van der Waals surface area (Å²) in [6.07, 6.45) is -0.358. The lowest BCUT2D eigenvalue weighted by molar-refractivity contribution is -0.139. The van der Waals surface area contributed by atoms with Crippen molar-refractivity contribution in [2.45, 2.75) is 25.4 Å². The lowest BCUT2D eigenvalue weighted by Gasteiger charge is -2.15. The van der Waals surface area contributed by atoms with Gasteiger partial charge in [0.1, 0.15) is 0 Å². The normalized spacial score (nSPS) is 14.1. The van der Waals surface area contributed by atoms with Gasteiger partial charge in [-0.25, -0.2) is 0 Å². The van der Waals surface area contributed by atoms with Gasteiger partial charge in [-0.05, 0) is 18.4 Å². The molecule has 1 aromatic rings. The predicted molar refractivity (Wildman–Crippen MR) is 61.1 cm³/mol. The average Bonchev–Trinajstić information content (AvgIpc) is 2.68. The maximum absolute atomic E-state index is 11.5. The van der Waals surface area contributed by atoms with Crippen LogP contribution in [0.3, 0.4) is 0 Å². The van der Waals surface area contributed by atoms with Crippen LogP contribution < -0.4 is 11.1 Å². The predicted octanol–water partition coefficient (Wildman–Crippen LogP) is 0.727. The molecule has 5 nitrogen and oxygen atoms in total. The summed E-state index contributed by atoms with van der Waals surface area (Å²) in [5.74, 6) is -1.52. The molecule has 0 spiro atoms. The monoisotopic (exact) mass is 242 g/mol. The van der Waals surface area contributed by atoms with Crippen LogP contribution in [0.4, 0.5) is 0 Å². The number of hydrogen-bond acceptors (Lipinski definition) is 4. The van der Waals surface area contributed by atoms with Crippen LogP contribution in [0, 0.1) is 0 Å². The number of thiophene rings is 1. The van der Waals surface area contributed by atoms with Crippen molar-refractivity contribution in [3.05, 3.63) is 22.4 Å². The quantitative estimate of drug-likeness (QED) is 0.709. The zero-order chi connectivity index (χ0) is 12.1. The second-order valence-corrected chi connectivity index (χ2v) is 4.43. The molecule has 0 bridgehead atoms. The smallest absolute Gasteiger partial charge is 0.305 e. The third kappa shape index (κ3) is 3.63. The molecule has 88 valence electrons. The summed E-state index contributed by atoms with van der Waals surface area (Å²) < 4.78 is 0. The molecular weight excluding hydrogens is 228 g/mol. The molecule has 1 amide bonds. The number of amides is 1. The number of nitrogens with one attached hydrogen (secondary N) is 1. The second kappa shape index (κ2) is 5.62. The van der Waals surface area contributed by atoms with E-state index < -0.39 is 17.9 Å². The molecule has 0 saturated heterocycles. The first-order chi connectivity index (χ1) is 7.50. The van der Waals surface area contributed by atoms with Crippen LogP contribution in [-0.4, -0.2) is 23.0 Å². The van der Waals surface area contributed by atoms with E-state index in [1.54, 1.807) is 0 Å². The van der Waals surface area contributed by atoms with E-state index >= 15 is 0 Å². The lowest BCUT2D eigenvalue weighted by Crippen LogP contribution is -2.42. The van der Waals surface area contributed by atoms with Gasteiger partial charge in [-0.15, -0.1) is 11.3 Å². The van der Waals surface area contributed by atoms with E-state index in [0.717, 1.165) is 4.88 Å². The minimum absolute atomic E-state index is 0.146. The van der Waals surface area contributed by atoms with Crippen molar-refractivity contribution in [1.29, 1.82) is 0 Å². The summed E-state index contributed by atoms with van der Waals surface area (Å²) in [4.78, 5) is 22.9. The van der Waals surface area contributed by atoms with Crippen LogP contribution in [-0.2, 0) is 9.59 Å². The molecule has 0 saturated carbocycles. The minimum Gasteiger partial charge on any atom is -0.481 e. The number of aliphatic carboxylic acids is 1. The molecule has 1 rings (SSSR count). The van der Waals surface area contributed by atoms with Gasteiger partial charge in [0.25, 0.3) is 0 Å². The van der Waals surface area contributed by atoms with E-state index in [1.165, 1.54) is 11.3 Å². The summed E-state index contributed by atoms with van der Waals surface area (Å²) >= 11 is 1.53. The number of nitrogens with two attached hydrogens (primary N) is 1. The fourth-order valence-corrected chi connectivity index (χ4v) is 1.94. The first-order valence-corrected chi connectivity index (χ1v) is 5.70. The van der Waals surface area contributed by atoms with Crippen LogP contribution in [0.5, 0.6) is 0 Å². The minimum atomic E-state index is -1.08. The summed E-state index contributed by atoms with van der Waals surface area (Å²) in [6.45, 7) is 1.83. The zero-order valence-corrected chi connectivity index (χ0v) is 9.66. The number of rotatable bonds is 5. The summed E-state index contributed by atoms with van der Waals surface area (Å²) in [5.41, 5.74) is 5.43. The van der Waals surface area contributed by atoms with Gasteiger partial charge in [-0.3, -0.25) is 9.59 Å². The van der Waals surface area contributed by atoms with Crippen molar-refractivity contribution in [1.82, 2.24) is 5.32 Å². The second-order valence-electron chi connectivity index (χ2n) is 3.45. The maximum atomic E-state index is 11.5. The van der Waals surface area contributed by atoms with Crippen LogP contribution in [0.15, 0.2) is 17.5 Å². The summed E-state index contributed by atoms with van der Waals surface area (Å²) in [5, 5.41) is 13.1. The SMILES string of the molecule is CC(NC(=O)C(N)CC(=O)O)c1cccs1. The highest BCUT2D eigenvalue weighted by Gasteiger charge is 2.19. The topological polar surface area (TPSA) is 92.4 Å². The molecule has 0 aliphatic heterocycles. The largest absolute Gasteiger partial charge is 0.481 e. The third-order valence-electron chi connectivity index (χ3n) is 2.06. The van der Waals surface area contributed by atoms with Gasteiger partial charge < -0.3 is 16.2 Å². The number of hydrogen-bond donors (Lipinski definition) is 3. The fourth-order valence-electron chi connectivity index (χ4n) is 1.21.